The normalized spacial score (nSPS) is 11.8. The van der Waals surface area contributed by atoms with Gasteiger partial charge in [0.2, 0.25) is 0 Å². The molecule has 0 bridgehead atoms. The second-order valence-electron chi connectivity index (χ2n) is 4.76. The van der Waals surface area contributed by atoms with Gasteiger partial charge in [-0.25, -0.2) is 0 Å². The molecule has 0 saturated carbocycles. The summed E-state index contributed by atoms with van der Waals surface area (Å²) in [5.41, 5.74) is 1.40. The molecule has 0 aromatic heterocycles. The molecule has 0 radical (unpaired) electrons. The minimum Gasteiger partial charge on any atom is -0.0840 e. The lowest BCUT2D eigenvalue weighted by molar-refractivity contribution is 0.378. The second-order valence-corrected chi connectivity index (χ2v) is 5.58. The Labute approximate surface area is 96.2 Å². The zero-order valence-electron chi connectivity index (χ0n) is 8.90. The monoisotopic (exact) mass is 230 g/mol. The first-order valence-electron chi connectivity index (χ1n) is 4.83. The Hall–Kier alpha value is -0.200. The van der Waals surface area contributed by atoms with Gasteiger partial charge in [-0.3, -0.25) is 0 Å². The van der Waals surface area contributed by atoms with E-state index in [1.54, 1.807) is 0 Å². The van der Waals surface area contributed by atoms with Crippen molar-refractivity contribution in [1.29, 1.82) is 0 Å². The molecule has 0 aliphatic carbocycles. The number of benzene rings is 1. The van der Waals surface area contributed by atoms with Gasteiger partial charge in [-0.05, 0) is 36.0 Å². The van der Waals surface area contributed by atoms with Crippen molar-refractivity contribution in [1.82, 2.24) is 0 Å². The minimum absolute atomic E-state index is 0.322. The number of halogens is 2. The van der Waals surface area contributed by atoms with Gasteiger partial charge in [0, 0.05) is 10.0 Å². The third-order valence-corrected chi connectivity index (χ3v) is 2.89. The fraction of sp³-hybridized carbons (Fsp3) is 0.500. The van der Waals surface area contributed by atoms with Crippen molar-refractivity contribution in [3.05, 3.63) is 33.8 Å². The van der Waals surface area contributed by atoms with Crippen molar-refractivity contribution < 1.29 is 0 Å². The Morgan fingerprint density at radius 1 is 1.07 bits per heavy atom. The molecule has 78 valence electrons. The van der Waals surface area contributed by atoms with Gasteiger partial charge in [0.25, 0.3) is 0 Å². The average molecular weight is 231 g/mol. The van der Waals surface area contributed by atoms with E-state index in [1.807, 2.05) is 18.2 Å². The van der Waals surface area contributed by atoms with Gasteiger partial charge in [0.1, 0.15) is 0 Å². The SMILES string of the molecule is CC(C)(C)CCc1c(Cl)cccc1Cl. The van der Waals surface area contributed by atoms with Crippen LogP contribution in [0.15, 0.2) is 18.2 Å². The molecule has 0 heterocycles. The highest BCUT2D eigenvalue weighted by Gasteiger charge is 2.12. The lowest BCUT2D eigenvalue weighted by atomic mass is 9.89. The molecule has 0 fully saturated rings. The number of hydrogen-bond acceptors (Lipinski definition) is 0. The zero-order chi connectivity index (χ0) is 10.8. The van der Waals surface area contributed by atoms with Crippen molar-refractivity contribution in [2.24, 2.45) is 5.41 Å². The van der Waals surface area contributed by atoms with Crippen LogP contribution in [0.3, 0.4) is 0 Å². The van der Waals surface area contributed by atoms with E-state index in [0.29, 0.717) is 5.41 Å². The lowest BCUT2D eigenvalue weighted by Crippen LogP contribution is -2.06. The zero-order valence-corrected chi connectivity index (χ0v) is 10.4. The number of hydrogen-bond donors (Lipinski definition) is 0. The molecular formula is C12H16Cl2. The summed E-state index contributed by atoms with van der Waals surface area (Å²) < 4.78 is 0. The van der Waals surface area contributed by atoms with E-state index in [9.17, 15) is 0 Å². The van der Waals surface area contributed by atoms with Crippen LogP contribution < -0.4 is 0 Å². The first-order valence-corrected chi connectivity index (χ1v) is 5.59. The van der Waals surface area contributed by atoms with Crippen molar-refractivity contribution in [3.8, 4) is 0 Å². The Kier molecular flexibility index (Phi) is 3.86. The predicted octanol–water partition coefficient (Wildman–Crippen LogP) is 4.97. The van der Waals surface area contributed by atoms with Gasteiger partial charge in [0.05, 0.1) is 0 Å². The summed E-state index contributed by atoms with van der Waals surface area (Å²) in [6.07, 6.45) is 2.04. The largest absolute Gasteiger partial charge is 0.0840 e. The Morgan fingerprint density at radius 3 is 2.00 bits per heavy atom. The van der Waals surface area contributed by atoms with Gasteiger partial charge in [-0.1, -0.05) is 50.0 Å². The third kappa shape index (κ3) is 3.51. The van der Waals surface area contributed by atoms with Crippen LogP contribution in [0, 0.1) is 5.41 Å². The standard InChI is InChI=1S/C12H16Cl2/c1-12(2,3)8-7-9-10(13)5-4-6-11(9)14/h4-6H,7-8H2,1-3H3. The molecule has 0 saturated heterocycles. The molecule has 2 heteroatoms. The third-order valence-electron chi connectivity index (χ3n) is 2.19. The molecule has 1 aromatic carbocycles. The van der Waals surface area contributed by atoms with E-state index in [0.717, 1.165) is 28.5 Å². The van der Waals surface area contributed by atoms with Crippen LogP contribution in [0.2, 0.25) is 10.0 Å². The maximum Gasteiger partial charge on any atom is 0.0452 e. The molecule has 0 amide bonds. The average Bonchev–Trinajstić information content (AvgIpc) is 2.01. The highest BCUT2D eigenvalue weighted by Crippen LogP contribution is 2.29. The van der Waals surface area contributed by atoms with Gasteiger partial charge in [-0.2, -0.15) is 0 Å². The Morgan fingerprint density at radius 2 is 1.57 bits per heavy atom. The highest BCUT2D eigenvalue weighted by molar-refractivity contribution is 6.35. The van der Waals surface area contributed by atoms with E-state index in [4.69, 9.17) is 23.2 Å². The molecule has 0 nitrogen and oxygen atoms in total. The van der Waals surface area contributed by atoms with E-state index < -0.39 is 0 Å². The molecule has 0 unspecified atom stereocenters. The van der Waals surface area contributed by atoms with E-state index in [-0.39, 0.29) is 0 Å². The lowest BCUT2D eigenvalue weighted by Gasteiger charge is -2.18. The molecule has 0 atom stereocenters. The van der Waals surface area contributed by atoms with Crippen LogP contribution in [0.4, 0.5) is 0 Å². The maximum atomic E-state index is 6.07. The van der Waals surface area contributed by atoms with Crippen LogP contribution in [0.1, 0.15) is 32.8 Å². The van der Waals surface area contributed by atoms with E-state index in [2.05, 4.69) is 20.8 Å². The van der Waals surface area contributed by atoms with Gasteiger partial charge < -0.3 is 0 Å². The highest BCUT2D eigenvalue weighted by atomic mass is 35.5. The second kappa shape index (κ2) is 4.55. The van der Waals surface area contributed by atoms with Crippen LogP contribution in [-0.4, -0.2) is 0 Å². The minimum atomic E-state index is 0.322. The van der Waals surface area contributed by atoms with Gasteiger partial charge in [-0.15, -0.1) is 0 Å². The van der Waals surface area contributed by atoms with Crippen molar-refractivity contribution in [3.63, 3.8) is 0 Å². The predicted molar refractivity (Wildman–Crippen MR) is 64.2 cm³/mol. The van der Waals surface area contributed by atoms with Gasteiger partial charge >= 0.3 is 0 Å². The molecular weight excluding hydrogens is 215 g/mol. The first-order chi connectivity index (χ1) is 6.40. The molecule has 1 aromatic rings. The summed E-state index contributed by atoms with van der Waals surface area (Å²) >= 11 is 12.1. The molecule has 0 N–H and O–H groups in total. The first kappa shape index (κ1) is 11.9. The van der Waals surface area contributed by atoms with Crippen LogP contribution in [0.25, 0.3) is 0 Å². The summed E-state index contributed by atoms with van der Waals surface area (Å²) in [4.78, 5) is 0. The fourth-order valence-electron chi connectivity index (χ4n) is 1.27. The summed E-state index contributed by atoms with van der Waals surface area (Å²) in [5, 5.41) is 1.56. The topological polar surface area (TPSA) is 0 Å². The van der Waals surface area contributed by atoms with Crippen molar-refractivity contribution >= 4 is 23.2 Å². The molecule has 0 spiro atoms. The van der Waals surface area contributed by atoms with Crippen molar-refractivity contribution in [2.45, 2.75) is 33.6 Å². The Balaban J connectivity index is 2.77. The maximum absolute atomic E-state index is 6.07. The van der Waals surface area contributed by atoms with E-state index >= 15 is 0 Å². The molecule has 0 aliphatic rings. The quantitative estimate of drug-likeness (QED) is 0.673. The van der Waals surface area contributed by atoms with Crippen LogP contribution >= 0.6 is 23.2 Å². The van der Waals surface area contributed by atoms with Crippen LogP contribution in [-0.2, 0) is 6.42 Å². The summed E-state index contributed by atoms with van der Waals surface area (Å²) in [5.74, 6) is 0. The summed E-state index contributed by atoms with van der Waals surface area (Å²) in [6, 6.07) is 5.67. The smallest absolute Gasteiger partial charge is 0.0452 e. The number of rotatable bonds is 2. The molecule has 14 heavy (non-hydrogen) atoms. The van der Waals surface area contributed by atoms with E-state index in [1.165, 1.54) is 0 Å². The summed E-state index contributed by atoms with van der Waals surface area (Å²) in [7, 11) is 0. The fourth-order valence-corrected chi connectivity index (χ4v) is 1.86. The van der Waals surface area contributed by atoms with Crippen LogP contribution in [0.5, 0.6) is 0 Å². The summed E-state index contributed by atoms with van der Waals surface area (Å²) in [6.45, 7) is 6.66. The van der Waals surface area contributed by atoms with Gasteiger partial charge in [0.15, 0.2) is 0 Å². The Bertz CT molecular complexity index is 290. The molecule has 1 rings (SSSR count). The molecule has 0 aliphatic heterocycles. The van der Waals surface area contributed by atoms with Crippen molar-refractivity contribution in [2.75, 3.05) is 0 Å².